The third kappa shape index (κ3) is 5.92. The maximum atomic E-state index is 12.6. The number of benzene rings is 3. The van der Waals surface area contributed by atoms with Crippen LogP contribution in [0.5, 0.6) is 0 Å². The first-order chi connectivity index (χ1) is 13.8. The van der Waals surface area contributed by atoms with Crippen molar-refractivity contribution in [3.05, 3.63) is 89.4 Å². The first kappa shape index (κ1) is 24.6. The van der Waals surface area contributed by atoms with Gasteiger partial charge in [-0.2, -0.15) is 4.72 Å². The summed E-state index contributed by atoms with van der Waals surface area (Å²) in [4.78, 5) is 11.3. The maximum absolute atomic E-state index is 12.6. The van der Waals surface area contributed by atoms with Gasteiger partial charge in [-0.15, -0.1) is 0 Å². The number of rotatable bonds is 7. The number of aliphatic hydroxyl groups is 1. The van der Waals surface area contributed by atoms with Crippen LogP contribution >= 0.6 is 11.6 Å². The van der Waals surface area contributed by atoms with E-state index in [-0.39, 0.29) is 40.0 Å². The Labute approximate surface area is 201 Å². The summed E-state index contributed by atoms with van der Waals surface area (Å²) in [5, 5.41) is 22.4. The number of aliphatic hydroxyl groups excluding tert-OH is 1. The first-order valence-corrected chi connectivity index (χ1v) is 10.5. The molecule has 0 aliphatic heterocycles. The van der Waals surface area contributed by atoms with Crippen molar-refractivity contribution in [3.8, 4) is 11.1 Å². The Morgan fingerprint density at radius 3 is 1.90 bits per heavy atom. The van der Waals surface area contributed by atoms with Crippen LogP contribution in [0.4, 0.5) is 0 Å². The van der Waals surface area contributed by atoms with Gasteiger partial charge in [0.25, 0.3) is 0 Å². The van der Waals surface area contributed by atoms with E-state index < -0.39 is 28.1 Å². The molecule has 0 saturated heterocycles. The fourth-order valence-corrected chi connectivity index (χ4v) is 4.10. The molecule has 0 saturated carbocycles. The molecule has 0 aliphatic carbocycles. The average molecular weight is 454 g/mol. The summed E-state index contributed by atoms with van der Waals surface area (Å²) in [6.45, 7) is 0. The molecule has 0 radical (unpaired) electrons. The van der Waals surface area contributed by atoms with Crippen LogP contribution in [0.1, 0.15) is 11.7 Å². The zero-order valence-corrected chi connectivity index (χ0v) is 19.6. The summed E-state index contributed by atoms with van der Waals surface area (Å²) >= 11 is 5.87. The first-order valence-electron chi connectivity index (χ1n) is 8.60. The summed E-state index contributed by atoms with van der Waals surface area (Å²) in [6.07, 6.45) is -1.61. The Kier molecular flexibility index (Phi) is 8.63. The zero-order chi connectivity index (χ0) is 21.0. The number of halogens is 1. The molecule has 0 aliphatic rings. The predicted molar refractivity (Wildman–Crippen MR) is 107 cm³/mol. The summed E-state index contributed by atoms with van der Waals surface area (Å²) in [7, 11) is -4.22. The van der Waals surface area contributed by atoms with Crippen molar-refractivity contribution in [2.75, 3.05) is 0 Å². The molecule has 3 aromatic rings. The van der Waals surface area contributed by atoms with E-state index in [1.54, 1.807) is 54.6 Å². The average Bonchev–Trinajstić information content (AvgIpc) is 2.73. The van der Waals surface area contributed by atoms with Crippen LogP contribution in [-0.2, 0) is 14.8 Å². The summed E-state index contributed by atoms with van der Waals surface area (Å²) in [5.74, 6) is -1.73. The number of aliphatic carboxylic acids is 1. The van der Waals surface area contributed by atoms with E-state index in [2.05, 4.69) is 0 Å². The van der Waals surface area contributed by atoms with Gasteiger partial charge in [-0.1, -0.05) is 66.2 Å². The second-order valence-corrected chi connectivity index (χ2v) is 8.46. The quantitative estimate of drug-likeness (QED) is 0.453. The molecular weight excluding hydrogens is 437 g/mol. The molecule has 2 unspecified atom stereocenters. The Hall–Kier alpha value is -1.71. The van der Waals surface area contributed by atoms with E-state index in [1.807, 2.05) is 4.72 Å². The smallest absolute Gasteiger partial charge is 0.548 e. The third-order valence-electron chi connectivity index (χ3n) is 4.34. The predicted octanol–water partition coefficient (Wildman–Crippen LogP) is -0.859. The molecule has 6 nitrogen and oxygen atoms in total. The van der Waals surface area contributed by atoms with Crippen molar-refractivity contribution in [1.82, 2.24) is 4.72 Å². The van der Waals surface area contributed by atoms with E-state index >= 15 is 0 Å². The molecule has 30 heavy (non-hydrogen) atoms. The third-order valence-corrected chi connectivity index (χ3v) is 6.04. The molecule has 9 heteroatoms. The molecule has 0 spiro atoms. The number of carboxylic acid groups (broad SMARTS) is 1. The molecule has 0 amide bonds. The molecule has 0 heterocycles. The van der Waals surface area contributed by atoms with Crippen molar-refractivity contribution < 1.29 is 53.0 Å². The Morgan fingerprint density at radius 1 is 0.900 bits per heavy atom. The van der Waals surface area contributed by atoms with Gasteiger partial charge in [0.2, 0.25) is 10.0 Å². The van der Waals surface area contributed by atoms with Crippen LogP contribution in [-0.4, -0.2) is 25.5 Å². The standard InChI is InChI=1S/C21H18ClNO5S.Na/c22-17-10-6-14(7-11-17)15-8-12-18(13-9-15)29(27,28)23-19(21(25)26)20(24)16-4-2-1-3-5-16;/h1-13,19-20,23-24H,(H,25,26);/q;+1/p-1. The molecule has 0 bridgehead atoms. The summed E-state index contributed by atoms with van der Waals surface area (Å²) < 4.78 is 27.3. The fraction of sp³-hybridized carbons (Fsp3) is 0.0952. The molecule has 2 N–H and O–H groups in total. The molecule has 0 aromatic heterocycles. The van der Waals surface area contributed by atoms with Crippen molar-refractivity contribution in [1.29, 1.82) is 0 Å². The van der Waals surface area contributed by atoms with Crippen LogP contribution < -0.4 is 39.4 Å². The van der Waals surface area contributed by atoms with Gasteiger partial charge in [0, 0.05) is 5.02 Å². The van der Waals surface area contributed by atoms with Gasteiger partial charge in [-0.3, -0.25) is 0 Å². The summed E-state index contributed by atoms with van der Waals surface area (Å²) in [5.41, 5.74) is 1.86. The van der Waals surface area contributed by atoms with Crippen molar-refractivity contribution in [2.24, 2.45) is 0 Å². The van der Waals surface area contributed by atoms with Gasteiger partial charge >= 0.3 is 29.6 Å². The Balaban J connectivity index is 0.00000320. The molecular formula is C21H17ClNNaO5S. The van der Waals surface area contributed by atoms with Crippen LogP contribution in [0.2, 0.25) is 5.02 Å². The van der Waals surface area contributed by atoms with Crippen molar-refractivity contribution >= 4 is 27.6 Å². The minimum absolute atomic E-state index is 0. The van der Waals surface area contributed by atoms with Gasteiger partial charge < -0.3 is 15.0 Å². The molecule has 150 valence electrons. The number of hydrogen-bond donors (Lipinski definition) is 2. The van der Waals surface area contributed by atoms with Gasteiger partial charge in [-0.05, 0) is 41.0 Å². The number of carboxylic acids is 1. The van der Waals surface area contributed by atoms with Gasteiger partial charge in [0.05, 0.1) is 16.9 Å². The van der Waals surface area contributed by atoms with Crippen LogP contribution in [0.3, 0.4) is 0 Å². The van der Waals surface area contributed by atoms with Gasteiger partial charge in [-0.25, -0.2) is 8.42 Å². The Morgan fingerprint density at radius 2 is 1.40 bits per heavy atom. The number of carbonyl (C=O) groups excluding carboxylic acids is 1. The number of sulfonamides is 1. The summed E-state index contributed by atoms with van der Waals surface area (Å²) in [6, 6.07) is 19.0. The second-order valence-electron chi connectivity index (χ2n) is 6.30. The fourth-order valence-electron chi connectivity index (χ4n) is 2.79. The topological polar surface area (TPSA) is 107 Å². The molecule has 3 aromatic carbocycles. The Bertz CT molecular complexity index is 1090. The second kappa shape index (κ2) is 10.5. The maximum Gasteiger partial charge on any atom is 1.00 e. The van der Waals surface area contributed by atoms with E-state index in [4.69, 9.17) is 11.6 Å². The minimum atomic E-state index is -4.22. The van der Waals surface area contributed by atoms with E-state index in [0.717, 1.165) is 11.1 Å². The van der Waals surface area contributed by atoms with E-state index in [1.165, 1.54) is 24.3 Å². The molecule has 2 atom stereocenters. The molecule has 0 fully saturated rings. The largest absolute Gasteiger partial charge is 1.00 e. The minimum Gasteiger partial charge on any atom is -0.548 e. The van der Waals surface area contributed by atoms with Crippen LogP contribution in [0, 0.1) is 0 Å². The normalized spacial score (nSPS) is 13.1. The van der Waals surface area contributed by atoms with Crippen molar-refractivity contribution in [2.45, 2.75) is 17.0 Å². The van der Waals surface area contributed by atoms with Crippen molar-refractivity contribution in [3.63, 3.8) is 0 Å². The van der Waals surface area contributed by atoms with Crippen LogP contribution in [0.15, 0.2) is 83.8 Å². The molecule has 3 rings (SSSR count). The van der Waals surface area contributed by atoms with Gasteiger partial charge in [0.15, 0.2) is 0 Å². The van der Waals surface area contributed by atoms with Crippen LogP contribution in [0.25, 0.3) is 11.1 Å². The number of nitrogens with one attached hydrogen (secondary N) is 1. The SMILES string of the molecule is O=C([O-])C(NS(=O)(=O)c1ccc(-c2ccc(Cl)cc2)cc1)C(O)c1ccccc1.[Na+]. The van der Waals surface area contributed by atoms with E-state index in [0.29, 0.717) is 5.02 Å². The van der Waals surface area contributed by atoms with E-state index in [9.17, 15) is 23.4 Å². The zero-order valence-electron chi connectivity index (χ0n) is 16.0. The number of carbonyl (C=O) groups is 1. The number of hydrogen-bond acceptors (Lipinski definition) is 5. The van der Waals surface area contributed by atoms with Gasteiger partial charge in [0.1, 0.15) is 6.10 Å². The monoisotopic (exact) mass is 453 g/mol.